The lowest BCUT2D eigenvalue weighted by molar-refractivity contribution is 0.189. The summed E-state index contributed by atoms with van der Waals surface area (Å²) in [5.41, 5.74) is 2.15. The second-order valence-corrected chi connectivity index (χ2v) is 10.6. The number of pyridine rings is 1. The first-order valence-corrected chi connectivity index (χ1v) is 12.9. The van der Waals surface area contributed by atoms with Crippen molar-refractivity contribution < 1.29 is 8.42 Å². The van der Waals surface area contributed by atoms with Crippen molar-refractivity contribution in [1.29, 1.82) is 0 Å². The molecule has 1 fully saturated rings. The van der Waals surface area contributed by atoms with Crippen LogP contribution in [0.5, 0.6) is 0 Å². The summed E-state index contributed by atoms with van der Waals surface area (Å²) in [4.78, 5) is 24.1. The van der Waals surface area contributed by atoms with Crippen LogP contribution in [-0.4, -0.2) is 52.9 Å². The van der Waals surface area contributed by atoms with Gasteiger partial charge in [-0.15, -0.1) is 0 Å². The summed E-state index contributed by atoms with van der Waals surface area (Å²) in [7, 11) is -3.44. The topological polar surface area (TPSA) is 88.4 Å². The van der Waals surface area contributed by atoms with Crippen LogP contribution < -0.4 is 10.5 Å². The third-order valence-corrected chi connectivity index (χ3v) is 8.44. The van der Waals surface area contributed by atoms with E-state index in [9.17, 15) is 13.2 Å². The van der Waals surface area contributed by atoms with E-state index in [2.05, 4.69) is 16.8 Å². The largest absolute Gasteiger partial charge is 0.339 e. The molecule has 3 aromatic rings. The first-order chi connectivity index (χ1) is 16.0. The van der Waals surface area contributed by atoms with Crippen LogP contribution in [0.2, 0.25) is 0 Å². The van der Waals surface area contributed by atoms with Gasteiger partial charge in [0.15, 0.2) is 0 Å². The molecule has 2 atom stereocenters. The maximum Gasteiger partial charge on any atom is 0.255 e. The minimum Gasteiger partial charge on any atom is -0.339 e. The number of piperidine rings is 1. The summed E-state index contributed by atoms with van der Waals surface area (Å²) in [6.07, 6.45) is 4.09. The van der Waals surface area contributed by atoms with Gasteiger partial charge in [-0.2, -0.15) is 0 Å². The quantitative estimate of drug-likeness (QED) is 0.575. The number of rotatable bonds is 5. The monoisotopic (exact) mass is 465 g/mol. The Morgan fingerprint density at radius 3 is 2.55 bits per heavy atom. The molecule has 0 N–H and O–H groups in total. The lowest BCUT2D eigenvalue weighted by Crippen LogP contribution is -2.58. The average Bonchev–Trinajstić information content (AvgIpc) is 2.83. The Kier molecular flexibility index (Phi) is 5.76. The molecule has 2 aromatic heterocycles. The Bertz CT molecular complexity index is 1290. The molecular weight excluding hydrogens is 438 g/mol. The number of aromatic nitrogens is 3. The van der Waals surface area contributed by atoms with E-state index in [1.807, 2.05) is 42.5 Å². The Morgan fingerprint density at radius 1 is 1.06 bits per heavy atom. The fraction of sp³-hybridized carbons (Fsp3) is 0.375. The van der Waals surface area contributed by atoms with Crippen LogP contribution in [0.25, 0.3) is 11.3 Å². The molecule has 0 amide bonds. The highest BCUT2D eigenvalue weighted by molar-refractivity contribution is 7.88. The molecule has 2 unspecified atom stereocenters. The third-order valence-electron chi connectivity index (χ3n) is 6.62. The number of nitrogens with zero attached hydrogens (tertiary/aromatic N) is 5. The predicted molar refractivity (Wildman–Crippen MR) is 127 cm³/mol. The minimum atomic E-state index is -3.44. The first-order valence-electron chi connectivity index (χ1n) is 11.3. The van der Waals surface area contributed by atoms with Gasteiger partial charge in [0.1, 0.15) is 0 Å². The Labute approximate surface area is 193 Å². The van der Waals surface area contributed by atoms with Crippen molar-refractivity contribution in [2.24, 2.45) is 5.92 Å². The molecule has 172 valence electrons. The summed E-state index contributed by atoms with van der Waals surface area (Å²) in [5, 5.41) is 0. The Balaban J connectivity index is 1.43. The molecule has 2 aliphatic rings. The van der Waals surface area contributed by atoms with E-state index < -0.39 is 10.0 Å². The molecule has 0 spiro atoms. The van der Waals surface area contributed by atoms with Gasteiger partial charge < -0.3 is 4.90 Å². The van der Waals surface area contributed by atoms with Gasteiger partial charge in [0.05, 0.1) is 11.4 Å². The molecule has 5 rings (SSSR count). The molecule has 2 aliphatic heterocycles. The summed E-state index contributed by atoms with van der Waals surface area (Å²) in [6.45, 7) is 4.10. The van der Waals surface area contributed by atoms with Crippen molar-refractivity contribution in [3.8, 4) is 11.3 Å². The summed E-state index contributed by atoms with van der Waals surface area (Å²) in [5.74, 6) is 0.692. The van der Waals surface area contributed by atoms with Gasteiger partial charge in [-0.3, -0.25) is 14.3 Å². The minimum absolute atomic E-state index is 0.00387. The van der Waals surface area contributed by atoms with Crippen molar-refractivity contribution in [1.82, 2.24) is 18.8 Å². The first kappa shape index (κ1) is 21.8. The van der Waals surface area contributed by atoms with E-state index in [0.29, 0.717) is 44.2 Å². The second-order valence-electron chi connectivity index (χ2n) is 8.63. The number of hydrogen-bond acceptors (Lipinski definition) is 6. The fourth-order valence-electron chi connectivity index (χ4n) is 5.02. The van der Waals surface area contributed by atoms with Gasteiger partial charge in [0.25, 0.3) is 5.56 Å². The zero-order chi connectivity index (χ0) is 23.0. The number of hydrogen-bond donors (Lipinski definition) is 0. The zero-order valence-corrected chi connectivity index (χ0v) is 19.4. The third kappa shape index (κ3) is 4.18. The molecule has 1 saturated heterocycles. The van der Waals surface area contributed by atoms with Crippen LogP contribution in [-0.2, 0) is 22.3 Å². The normalized spacial score (nSPS) is 20.8. The molecule has 4 heterocycles. The molecule has 0 saturated carbocycles. The molecule has 0 bridgehead atoms. The predicted octanol–water partition coefficient (Wildman–Crippen LogP) is 2.37. The van der Waals surface area contributed by atoms with E-state index in [0.717, 1.165) is 11.1 Å². The Morgan fingerprint density at radius 2 is 1.82 bits per heavy atom. The number of benzene rings is 1. The van der Waals surface area contributed by atoms with Crippen molar-refractivity contribution in [2.45, 2.75) is 31.7 Å². The summed E-state index contributed by atoms with van der Waals surface area (Å²) < 4.78 is 29.5. The lowest BCUT2D eigenvalue weighted by atomic mass is 9.90. The van der Waals surface area contributed by atoms with Crippen LogP contribution >= 0.6 is 0 Å². The van der Waals surface area contributed by atoms with E-state index in [1.165, 1.54) is 0 Å². The summed E-state index contributed by atoms with van der Waals surface area (Å²) >= 11 is 0. The van der Waals surface area contributed by atoms with Crippen molar-refractivity contribution in [3.63, 3.8) is 0 Å². The molecule has 33 heavy (non-hydrogen) atoms. The Hall–Kier alpha value is -3.04. The van der Waals surface area contributed by atoms with E-state index >= 15 is 0 Å². The standard InChI is InChI=1S/C24H27N5O3S/c1-2-28-22-10-13-27(33(31,32)17-18-6-4-3-5-7-18)15-20(22)16-29-23(30)14-21(26-24(28)29)19-8-11-25-12-9-19/h3-9,11-12,14,20,22H,2,10,13,15-17H2,1H3. The van der Waals surface area contributed by atoms with Crippen LogP contribution in [0.1, 0.15) is 18.9 Å². The number of sulfonamides is 1. The van der Waals surface area contributed by atoms with Crippen LogP contribution in [0.3, 0.4) is 0 Å². The lowest BCUT2D eigenvalue weighted by Gasteiger charge is -2.47. The molecule has 1 aromatic carbocycles. The van der Waals surface area contributed by atoms with Crippen molar-refractivity contribution in [2.75, 3.05) is 24.5 Å². The molecule has 9 heteroatoms. The highest BCUT2D eigenvalue weighted by Crippen LogP contribution is 2.34. The highest BCUT2D eigenvalue weighted by Gasteiger charge is 2.41. The molecule has 0 radical (unpaired) electrons. The maximum atomic E-state index is 13.1. The number of anilines is 1. The van der Waals surface area contributed by atoms with Gasteiger partial charge in [0.2, 0.25) is 16.0 Å². The van der Waals surface area contributed by atoms with Gasteiger partial charge >= 0.3 is 0 Å². The van der Waals surface area contributed by atoms with E-state index in [1.54, 1.807) is 27.3 Å². The summed E-state index contributed by atoms with van der Waals surface area (Å²) in [6, 6.07) is 14.7. The number of fused-ring (bicyclic) bond motifs is 2. The van der Waals surface area contributed by atoms with E-state index in [4.69, 9.17) is 4.98 Å². The second kappa shape index (κ2) is 8.72. The van der Waals surface area contributed by atoms with Gasteiger partial charge in [0, 0.05) is 62.2 Å². The molecule has 8 nitrogen and oxygen atoms in total. The van der Waals surface area contributed by atoms with Gasteiger partial charge in [-0.1, -0.05) is 30.3 Å². The zero-order valence-electron chi connectivity index (χ0n) is 18.5. The van der Waals surface area contributed by atoms with Crippen LogP contribution in [0, 0.1) is 5.92 Å². The van der Waals surface area contributed by atoms with Crippen molar-refractivity contribution in [3.05, 3.63) is 76.8 Å². The van der Waals surface area contributed by atoms with Gasteiger partial charge in [-0.05, 0) is 31.0 Å². The molecular formula is C24H27N5O3S. The van der Waals surface area contributed by atoms with Crippen molar-refractivity contribution >= 4 is 16.0 Å². The molecule has 0 aliphatic carbocycles. The smallest absolute Gasteiger partial charge is 0.255 e. The van der Waals surface area contributed by atoms with Crippen LogP contribution in [0.4, 0.5) is 5.95 Å². The fourth-order valence-corrected chi connectivity index (χ4v) is 6.62. The van der Waals surface area contributed by atoms with Gasteiger partial charge in [-0.25, -0.2) is 17.7 Å². The van der Waals surface area contributed by atoms with E-state index in [-0.39, 0.29) is 23.3 Å². The highest BCUT2D eigenvalue weighted by atomic mass is 32.2. The van der Waals surface area contributed by atoms with Crippen LogP contribution in [0.15, 0.2) is 65.7 Å². The SMILES string of the molecule is CCN1c2nc(-c3ccncc3)cc(=O)n2CC2CN(S(=O)(=O)Cc3ccccc3)CCC21. The average molecular weight is 466 g/mol. The maximum absolute atomic E-state index is 13.1.